The number of nitrogens with zero attached hydrogens (tertiary/aromatic N) is 1. The van der Waals surface area contributed by atoms with E-state index in [-0.39, 0.29) is 0 Å². The van der Waals surface area contributed by atoms with Crippen LogP contribution in [0.25, 0.3) is 0 Å². The van der Waals surface area contributed by atoms with E-state index in [0.29, 0.717) is 6.54 Å². The Hall–Kier alpha value is -2.29. The molecule has 0 unspecified atom stereocenters. The summed E-state index contributed by atoms with van der Waals surface area (Å²) in [5.41, 5.74) is 2.05. The van der Waals surface area contributed by atoms with Crippen molar-refractivity contribution in [2.75, 3.05) is 13.7 Å². The minimum Gasteiger partial charge on any atom is -0.624 e. The van der Waals surface area contributed by atoms with Gasteiger partial charge < -0.3 is 9.94 Å². The molecule has 0 radical (unpaired) electrons. The minimum atomic E-state index is 0.454. The van der Waals surface area contributed by atoms with E-state index in [1.807, 2.05) is 54.6 Å². The van der Waals surface area contributed by atoms with Gasteiger partial charge in [0.2, 0.25) is 0 Å². The minimum absolute atomic E-state index is 0.454. The highest BCUT2D eigenvalue weighted by Gasteiger charge is 1.99. The average Bonchev–Trinajstić information content (AvgIpc) is 2.47. The standard InChI is InChI=1S/C16H17NO2/c1-19-16-9-7-15(8-10-16)13-17(18)12-11-14-5-3-2-4-6-14/h2-10,13H,11-12H2,1H3/b17-13-. The number of hydrogen-bond donors (Lipinski definition) is 0. The second kappa shape index (κ2) is 6.59. The highest BCUT2D eigenvalue weighted by Crippen LogP contribution is 2.09. The Morgan fingerprint density at radius 2 is 1.74 bits per heavy atom. The van der Waals surface area contributed by atoms with Crippen molar-refractivity contribution in [2.45, 2.75) is 6.42 Å². The molecule has 0 atom stereocenters. The third-order valence-corrected chi connectivity index (χ3v) is 2.87. The van der Waals surface area contributed by atoms with Gasteiger partial charge in [0.1, 0.15) is 5.75 Å². The number of ether oxygens (including phenoxy) is 1. The van der Waals surface area contributed by atoms with Gasteiger partial charge in [-0.15, -0.1) is 0 Å². The SMILES string of the molecule is COc1ccc(/C=[N+](\[O-])CCc2ccccc2)cc1. The van der Waals surface area contributed by atoms with Crippen LogP contribution in [0.2, 0.25) is 0 Å². The maximum Gasteiger partial charge on any atom is 0.181 e. The zero-order valence-corrected chi connectivity index (χ0v) is 11.0. The van der Waals surface area contributed by atoms with E-state index >= 15 is 0 Å². The lowest BCUT2D eigenvalue weighted by molar-refractivity contribution is -0.451. The molecule has 98 valence electrons. The summed E-state index contributed by atoms with van der Waals surface area (Å²) >= 11 is 0. The van der Waals surface area contributed by atoms with E-state index in [0.717, 1.165) is 22.5 Å². The Morgan fingerprint density at radius 1 is 1.05 bits per heavy atom. The second-order valence-corrected chi connectivity index (χ2v) is 4.28. The third kappa shape index (κ3) is 4.14. The molecule has 0 amide bonds. The fourth-order valence-electron chi connectivity index (χ4n) is 1.80. The van der Waals surface area contributed by atoms with Crippen LogP contribution < -0.4 is 4.74 Å². The first-order valence-electron chi connectivity index (χ1n) is 6.24. The summed E-state index contributed by atoms with van der Waals surface area (Å²) in [4.78, 5) is 0. The lowest BCUT2D eigenvalue weighted by atomic mass is 10.1. The van der Waals surface area contributed by atoms with Crippen molar-refractivity contribution >= 4 is 6.21 Å². The monoisotopic (exact) mass is 255 g/mol. The van der Waals surface area contributed by atoms with Crippen molar-refractivity contribution < 1.29 is 9.48 Å². The molecule has 0 aliphatic rings. The molecule has 0 bridgehead atoms. The highest BCUT2D eigenvalue weighted by molar-refractivity contribution is 5.75. The fourth-order valence-corrected chi connectivity index (χ4v) is 1.80. The third-order valence-electron chi connectivity index (χ3n) is 2.87. The van der Waals surface area contributed by atoms with Gasteiger partial charge in [-0.3, -0.25) is 0 Å². The molecule has 0 saturated carbocycles. The van der Waals surface area contributed by atoms with Crippen LogP contribution in [0.1, 0.15) is 11.1 Å². The van der Waals surface area contributed by atoms with Gasteiger partial charge in [0.15, 0.2) is 12.8 Å². The van der Waals surface area contributed by atoms with Crippen LogP contribution in [0.5, 0.6) is 5.75 Å². The van der Waals surface area contributed by atoms with Crippen molar-refractivity contribution in [1.29, 1.82) is 0 Å². The summed E-state index contributed by atoms with van der Waals surface area (Å²) in [6.07, 6.45) is 2.35. The molecule has 3 heteroatoms. The maximum absolute atomic E-state index is 11.8. The number of hydroxylamine groups is 1. The van der Waals surface area contributed by atoms with Gasteiger partial charge in [0, 0.05) is 12.0 Å². The van der Waals surface area contributed by atoms with Gasteiger partial charge in [-0.2, -0.15) is 0 Å². The average molecular weight is 255 g/mol. The predicted octanol–water partition coefficient (Wildman–Crippen LogP) is 2.87. The van der Waals surface area contributed by atoms with Gasteiger partial charge in [-0.1, -0.05) is 30.3 Å². The molecule has 3 nitrogen and oxygen atoms in total. The largest absolute Gasteiger partial charge is 0.624 e. The first-order valence-corrected chi connectivity index (χ1v) is 6.24. The first kappa shape index (κ1) is 13.1. The Balaban J connectivity index is 1.94. The molecule has 0 saturated heterocycles. The van der Waals surface area contributed by atoms with Crippen molar-refractivity contribution in [3.63, 3.8) is 0 Å². The number of rotatable bonds is 5. The molecular formula is C16H17NO2. The van der Waals surface area contributed by atoms with E-state index in [1.54, 1.807) is 13.3 Å². The molecule has 0 aliphatic heterocycles. The first-order chi connectivity index (χ1) is 9.28. The van der Waals surface area contributed by atoms with E-state index in [4.69, 9.17) is 4.74 Å². The van der Waals surface area contributed by atoms with Gasteiger partial charge >= 0.3 is 0 Å². The Kier molecular flexibility index (Phi) is 4.56. The summed E-state index contributed by atoms with van der Waals surface area (Å²) in [7, 11) is 1.62. The molecular weight excluding hydrogens is 238 g/mol. The molecule has 0 aliphatic carbocycles. The smallest absolute Gasteiger partial charge is 0.181 e. The number of benzene rings is 2. The van der Waals surface area contributed by atoms with Crippen LogP contribution in [0, 0.1) is 5.21 Å². The van der Waals surface area contributed by atoms with E-state index in [1.165, 1.54) is 5.56 Å². The summed E-state index contributed by atoms with van der Waals surface area (Å²) in [5, 5.41) is 11.8. The van der Waals surface area contributed by atoms with Crippen molar-refractivity contribution in [3.05, 3.63) is 70.9 Å². The summed E-state index contributed by atoms with van der Waals surface area (Å²) in [5.74, 6) is 0.791. The number of methoxy groups -OCH3 is 1. The maximum atomic E-state index is 11.8. The molecule has 0 aromatic heterocycles. The van der Waals surface area contributed by atoms with Crippen molar-refractivity contribution in [1.82, 2.24) is 0 Å². The van der Waals surface area contributed by atoms with Gasteiger partial charge in [-0.25, -0.2) is 4.74 Å². The highest BCUT2D eigenvalue weighted by atomic mass is 16.5. The molecule has 0 heterocycles. The van der Waals surface area contributed by atoms with Crippen molar-refractivity contribution in [3.8, 4) is 5.75 Å². The van der Waals surface area contributed by atoms with E-state index < -0.39 is 0 Å². The van der Waals surface area contributed by atoms with Crippen LogP contribution >= 0.6 is 0 Å². The molecule has 2 rings (SSSR count). The van der Waals surface area contributed by atoms with Gasteiger partial charge in [-0.05, 0) is 29.8 Å². The molecule has 2 aromatic carbocycles. The van der Waals surface area contributed by atoms with Gasteiger partial charge in [0.25, 0.3) is 0 Å². The number of hydrogen-bond acceptors (Lipinski definition) is 2. The van der Waals surface area contributed by atoms with Crippen LogP contribution in [-0.2, 0) is 6.42 Å². The van der Waals surface area contributed by atoms with Crippen LogP contribution in [0.3, 0.4) is 0 Å². The Labute approximate surface area is 113 Å². The zero-order chi connectivity index (χ0) is 13.5. The molecule has 2 aromatic rings. The Bertz CT molecular complexity index is 532. The Morgan fingerprint density at radius 3 is 2.37 bits per heavy atom. The lowest BCUT2D eigenvalue weighted by Crippen LogP contribution is -2.10. The quantitative estimate of drug-likeness (QED) is 0.356. The van der Waals surface area contributed by atoms with Gasteiger partial charge in [0.05, 0.1) is 7.11 Å². The summed E-state index contributed by atoms with van der Waals surface area (Å²) < 4.78 is 6.04. The molecule has 0 fully saturated rings. The summed E-state index contributed by atoms with van der Waals surface area (Å²) in [6, 6.07) is 17.4. The zero-order valence-electron chi connectivity index (χ0n) is 11.0. The topological polar surface area (TPSA) is 35.3 Å². The van der Waals surface area contributed by atoms with Crippen LogP contribution in [0.4, 0.5) is 0 Å². The predicted molar refractivity (Wildman–Crippen MR) is 76.8 cm³/mol. The normalized spacial score (nSPS) is 11.3. The van der Waals surface area contributed by atoms with Crippen molar-refractivity contribution in [2.24, 2.45) is 0 Å². The van der Waals surface area contributed by atoms with Crippen LogP contribution in [0.15, 0.2) is 54.6 Å². The molecule has 0 N–H and O–H groups in total. The molecule has 0 spiro atoms. The van der Waals surface area contributed by atoms with E-state index in [2.05, 4.69) is 0 Å². The van der Waals surface area contributed by atoms with E-state index in [9.17, 15) is 5.21 Å². The molecule has 19 heavy (non-hydrogen) atoms. The lowest BCUT2D eigenvalue weighted by Gasteiger charge is -2.04. The summed E-state index contributed by atoms with van der Waals surface area (Å²) in [6.45, 7) is 0.454. The van der Waals surface area contributed by atoms with Crippen LogP contribution in [-0.4, -0.2) is 24.6 Å². The fraction of sp³-hybridized carbons (Fsp3) is 0.188. The second-order valence-electron chi connectivity index (χ2n) is 4.28.